The van der Waals surface area contributed by atoms with Crippen LogP contribution < -0.4 is 0 Å². The summed E-state index contributed by atoms with van der Waals surface area (Å²) in [7, 11) is 0. The van der Waals surface area contributed by atoms with Crippen molar-refractivity contribution in [3.8, 4) is 11.4 Å². The minimum atomic E-state index is -1.32. The van der Waals surface area contributed by atoms with Crippen LogP contribution in [0.5, 0.6) is 0 Å². The number of imidazole rings is 1. The molecule has 0 fully saturated rings. The van der Waals surface area contributed by atoms with Gasteiger partial charge in [0.05, 0.1) is 16.6 Å². The number of nitrogens with zero attached hydrogens (tertiary/aromatic N) is 1. The van der Waals surface area contributed by atoms with E-state index in [0.717, 1.165) is 20.6 Å². The smallest absolute Gasteiger partial charge is 0.338 e. The van der Waals surface area contributed by atoms with Crippen LogP contribution in [-0.2, 0) is 0 Å². The van der Waals surface area contributed by atoms with Crippen LogP contribution in [0.15, 0.2) is 39.3 Å². The van der Waals surface area contributed by atoms with Crippen molar-refractivity contribution >= 4 is 48.9 Å². The molecule has 3 rings (SSSR count). The highest BCUT2D eigenvalue weighted by Gasteiger charge is 2.15. The molecule has 0 aliphatic heterocycles. The Labute approximate surface area is 135 Å². The maximum atomic E-state index is 13.7. The van der Waals surface area contributed by atoms with Gasteiger partial charge in [-0.3, -0.25) is 0 Å². The summed E-state index contributed by atoms with van der Waals surface area (Å²) in [5, 5.41) is 8.93. The second-order valence-electron chi connectivity index (χ2n) is 4.36. The maximum Gasteiger partial charge on any atom is 0.338 e. The Balaban J connectivity index is 2.19. The molecule has 4 nitrogen and oxygen atoms in total. The first kappa shape index (κ1) is 14.2. The lowest BCUT2D eigenvalue weighted by molar-refractivity contribution is 0.0692. The van der Waals surface area contributed by atoms with E-state index >= 15 is 0 Å². The number of aromatic carboxylic acids is 1. The van der Waals surface area contributed by atoms with Gasteiger partial charge in [-0.25, -0.2) is 14.2 Å². The van der Waals surface area contributed by atoms with E-state index in [-0.39, 0.29) is 0 Å². The summed E-state index contributed by atoms with van der Waals surface area (Å²) in [5.74, 6) is -1.57. The molecule has 0 aliphatic carbocycles. The lowest BCUT2D eigenvalue weighted by atomic mass is 10.2. The zero-order valence-corrected chi connectivity index (χ0v) is 13.5. The molecular formula is C14H7Br2FN2O2. The largest absolute Gasteiger partial charge is 0.478 e. The molecule has 0 spiro atoms. The van der Waals surface area contributed by atoms with Crippen LogP contribution in [0.4, 0.5) is 4.39 Å². The number of hydrogen-bond acceptors (Lipinski definition) is 2. The van der Waals surface area contributed by atoms with Gasteiger partial charge in [-0.2, -0.15) is 0 Å². The topological polar surface area (TPSA) is 66.0 Å². The molecule has 0 aliphatic rings. The van der Waals surface area contributed by atoms with Gasteiger partial charge in [-0.1, -0.05) is 15.9 Å². The number of rotatable bonds is 2. The van der Waals surface area contributed by atoms with Gasteiger partial charge in [0.25, 0.3) is 0 Å². The molecule has 0 bridgehead atoms. The molecule has 21 heavy (non-hydrogen) atoms. The van der Waals surface area contributed by atoms with Gasteiger partial charge in [0.15, 0.2) is 0 Å². The van der Waals surface area contributed by atoms with Gasteiger partial charge in [0.1, 0.15) is 11.6 Å². The summed E-state index contributed by atoms with van der Waals surface area (Å²) >= 11 is 6.80. The number of halogens is 3. The summed E-state index contributed by atoms with van der Waals surface area (Å²) in [6.07, 6.45) is 0. The van der Waals surface area contributed by atoms with Crippen molar-refractivity contribution in [1.82, 2.24) is 9.97 Å². The molecule has 0 unspecified atom stereocenters. The van der Waals surface area contributed by atoms with Crippen molar-refractivity contribution in [1.29, 1.82) is 0 Å². The van der Waals surface area contributed by atoms with Gasteiger partial charge in [-0.05, 0) is 40.2 Å². The minimum Gasteiger partial charge on any atom is -0.478 e. The normalized spacial score (nSPS) is 11.0. The van der Waals surface area contributed by atoms with E-state index in [2.05, 4.69) is 41.8 Å². The third-order valence-electron chi connectivity index (χ3n) is 2.99. The van der Waals surface area contributed by atoms with Crippen molar-refractivity contribution in [2.45, 2.75) is 0 Å². The first-order valence-corrected chi connectivity index (χ1v) is 7.42. The Morgan fingerprint density at radius 2 is 2.00 bits per heavy atom. The Bertz CT molecular complexity index is 877. The highest BCUT2D eigenvalue weighted by atomic mass is 79.9. The molecule has 1 heterocycles. The summed E-state index contributed by atoms with van der Waals surface area (Å²) < 4.78 is 15.4. The number of hydrogen-bond donors (Lipinski definition) is 2. The number of nitrogens with one attached hydrogen (secondary N) is 1. The fraction of sp³-hybridized carbons (Fsp3) is 0. The zero-order chi connectivity index (χ0) is 15.1. The van der Waals surface area contributed by atoms with E-state index < -0.39 is 17.3 Å². The molecule has 0 atom stereocenters. The van der Waals surface area contributed by atoms with Crippen molar-refractivity contribution in [2.24, 2.45) is 0 Å². The maximum absolute atomic E-state index is 13.7. The summed E-state index contributed by atoms with van der Waals surface area (Å²) in [5.41, 5.74) is 1.25. The van der Waals surface area contributed by atoms with Crippen LogP contribution in [0.3, 0.4) is 0 Å². The van der Waals surface area contributed by atoms with E-state index in [1.807, 2.05) is 18.2 Å². The van der Waals surface area contributed by atoms with E-state index in [1.54, 1.807) is 0 Å². The van der Waals surface area contributed by atoms with Crippen molar-refractivity contribution < 1.29 is 14.3 Å². The average Bonchev–Trinajstić information content (AvgIpc) is 2.79. The molecule has 0 amide bonds. The number of carbonyl (C=O) groups is 1. The Morgan fingerprint density at radius 3 is 2.67 bits per heavy atom. The third-order valence-corrected chi connectivity index (χ3v) is 4.14. The molecule has 7 heteroatoms. The van der Waals surface area contributed by atoms with Crippen LogP contribution in [0.2, 0.25) is 0 Å². The van der Waals surface area contributed by atoms with Gasteiger partial charge in [-0.15, -0.1) is 0 Å². The molecule has 0 saturated heterocycles. The molecule has 1 aromatic heterocycles. The number of fused-ring (bicyclic) bond motifs is 1. The average molecular weight is 414 g/mol. The van der Waals surface area contributed by atoms with Crippen molar-refractivity contribution in [3.05, 3.63) is 50.7 Å². The van der Waals surface area contributed by atoms with Gasteiger partial charge in [0, 0.05) is 20.6 Å². The summed E-state index contributed by atoms with van der Waals surface area (Å²) in [6.45, 7) is 0. The third kappa shape index (κ3) is 2.58. The van der Waals surface area contributed by atoms with Crippen LogP contribution in [0, 0.1) is 5.82 Å². The quantitative estimate of drug-likeness (QED) is 0.645. The number of aromatic nitrogens is 2. The Hall–Kier alpha value is -1.73. The first-order valence-electron chi connectivity index (χ1n) is 5.83. The number of carboxylic acid groups (broad SMARTS) is 1. The summed E-state index contributed by atoms with van der Waals surface area (Å²) in [6, 6.07) is 7.93. The van der Waals surface area contributed by atoms with E-state index in [1.165, 1.54) is 6.07 Å². The van der Waals surface area contributed by atoms with Crippen LogP contribution in [-0.4, -0.2) is 21.0 Å². The fourth-order valence-electron chi connectivity index (χ4n) is 2.00. The van der Waals surface area contributed by atoms with Crippen molar-refractivity contribution in [3.63, 3.8) is 0 Å². The van der Waals surface area contributed by atoms with Crippen LogP contribution in [0.25, 0.3) is 22.4 Å². The molecule has 0 saturated carbocycles. The number of H-pyrrole nitrogens is 1. The number of carboxylic acids is 1. The fourth-order valence-corrected chi connectivity index (χ4v) is 3.24. The van der Waals surface area contributed by atoms with Crippen molar-refractivity contribution in [2.75, 3.05) is 0 Å². The minimum absolute atomic E-state index is 0.393. The molecule has 106 valence electrons. The SMILES string of the molecule is O=C(O)c1cc2nc(-c3ccc(Br)cc3Br)[nH]c2cc1F. The standard InChI is InChI=1S/C14H7Br2FN2O2/c15-6-1-2-7(9(16)3-6)13-18-11-4-8(14(20)21)10(17)5-12(11)19-13/h1-5H,(H,18,19)(H,20,21). The molecule has 2 N–H and O–H groups in total. The molecular weight excluding hydrogens is 407 g/mol. The Morgan fingerprint density at radius 1 is 1.24 bits per heavy atom. The monoisotopic (exact) mass is 412 g/mol. The lowest BCUT2D eigenvalue weighted by Gasteiger charge is -2.00. The van der Waals surface area contributed by atoms with Gasteiger partial charge in [0.2, 0.25) is 0 Å². The first-order chi connectivity index (χ1) is 9.95. The summed E-state index contributed by atoms with van der Waals surface area (Å²) in [4.78, 5) is 18.3. The van der Waals surface area contributed by atoms with Crippen LogP contribution >= 0.6 is 31.9 Å². The van der Waals surface area contributed by atoms with Gasteiger partial charge < -0.3 is 10.1 Å². The van der Waals surface area contributed by atoms with E-state index in [9.17, 15) is 9.18 Å². The molecule has 3 aromatic rings. The predicted octanol–water partition coefficient (Wildman–Crippen LogP) is 4.59. The highest BCUT2D eigenvalue weighted by molar-refractivity contribution is 9.11. The second kappa shape index (κ2) is 5.23. The lowest BCUT2D eigenvalue weighted by Crippen LogP contribution is -1.99. The highest BCUT2D eigenvalue weighted by Crippen LogP contribution is 2.30. The number of aromatic amines is 1. The molecule has 2 aromatic carbocycles. The molecule has 0 radical (unpaired) electrons. The van der Waals surface area contributed by atoms with Gasteiger partial charge >= 0.3 is 5.97 Å². The van der Waals surface area contributed by atoms with E-state index in [0.29, 0.717) is 16.9 Å². The van der Waals surface area contributed by atoms with E-state index in [4.69, 9.17) is 5.11 Å². The Kier molecular flexibility index (Phi) is 3.54. The predicted molar refractivity (Wildman–Crippen MR) is 83.8 cm³/mol. The zero-order valence-electron chi connectivity index (χ0n) is 10.3. The van der Waals surface area contributed by atoms with Crippen LogP contribution in [0.1, 0.15) is 10.4 Å². The number of benzene rings is 2. The second-order valence-corrected chi connectivity index (χ2v) is 6.13.